The summed E-state index contributed by atoms with van der Waals surface area (Å²) in [4.78, 5) is 4.64. The molecule has 9 nitrogen and oxygen atoms in total. The Morgan fingerprint density at radius 2 is 1.96 bits per heavy atom. The van der Waals surface area contributed by atoms with Crippen LogP contribution in [0.3, 0.4) is 0 Å². The summed E-state index contributed by atoms with van der Waals surface area (Å²) in [6, 6.07) is 0. The van der Waals surface area contributed by atoms with Gasteiger partial charge in [-0.3, -0.25) is 0 Å². The molecule has 2 fully saturated rings. The minimum atomic E-state index is -3.67. The summed E-state index contributed by atoms with van der Waals surface area (Å²) in [6.07, 6.45) is 4.28. The third kappa shape index (κ3) is 2.76. The lowest BCUT2D eigenvalue weighted by Gasteiger charge is -2.34. The highest BCUT2D eigenvalue weighted by Crippen LogP contribution is 2.38. The van der Waals surface area contributed by atoms with Gasteiger partial charge in [0.1, 0.15) is 10.6 Å². The molecular weight excluding hydrogens is 358 g/mol. The minimum absolute atomic E-state index is 0.135. The van der Waals surface area contributed by atoms with Gasteiger partial charge < -0.3 is 14.8 Å². The van der Waals surface area contributed by atoms with Crippen molar-refractivity contribution < 1.29 is 17.5 Å². The number of hydrogen-bond acceptors (Lipinski definition) is 8. The highest BCUT2D eigenvalue weighted by atomic mass is 32.2. The molecule has 0 radical (unpaired) electrons. The van der Waals surface area contributed by atoms with Gasteiger partial charge in [0.15, 0.2) is 11.6 Å². The number of nitrogens with zero attached hydrogens (tertiary/aromatic N) is 4. The zero-order valence-electron chi connectivity index (χ0n) is 14.9. The van der Waals surface area contributed by atoms with Gasteiger partial charge in [0.05, 0.1) is 11.5 Å². The first-order chi connectivity index (χ1) is 12.3. The Bertz CT molecular complexity index is 895. The SMILES string of the molecule is Cc1noc(C)c1S(=O)(=O)N1CCCC(c2nc(C3(N)CCC3)no2)C1. The van der Waals surface area contributed by atoms with Crippen molar-refractivity contribution in [2.75, 3.05) is 13.1 Å². The number of rotatable bonds is 4. The van der Waals surface area contributed by atoms with E-state index in [1.165, 1.54) is 4.31 Å². The van der Waals surface area contributed by atoms with Crippen LogP contribution in [-0.4, -0.2) is 41.1 Å². The second kappa shape index (κ2) is 6.14. The summed E-state index contributed by atoms with van der Waals surface area (Å²) >= 11 is 0. The van der Waals surface area contributed by atoms with E-state index in [0.29, 0.717) is 36.3 Å². The van der Waals surface area contributed by atoms with Crippen molar-refractivity contribution in [2.45, 2.75) is 62.3 Å². The Kier molecular flexibility index (Phi) is 4.16. The van der Waals surface area contributed by atoms with E-state index in [2.05, 4.69) is 15.3 Å². The van der Waals surface area contributed by atoms with E-state index in [1.807, 2.05) is 0 Å². The minimum Gasteiger partial charge on any atom is -0.360 e. The maximum Gasteiger partial charge on any atom is 0.248 e. The number of hydrogen-bond donors (Lipinski definition) is 1. The lowest BCUT2D eigenvalue weighted by molar-refractivity contribution is 0.226. The molecule has 2 N–H and O–H groups in total. The number of aromatic nitrogens is 3. The van der Waals surface area contributed by atoms with Gasteiger partial charge in [-0.1, -0.05) is 10.3 Å². The summed E-state index contributed by atoms with van der Waals surface area (Å²) in [5.74, 6) is 1.17. The van der Waals surface area contributed by atoms with Crippen molar-refractivity contribution in [3.63, 3.8) is 0 Å². The molecule has 2 aliphatic rings. The van der Waals surface area contributed by atoms with Gasteiger partial charge >= 0.3 is 0 Å². The third-order valence-electron chi connectivity index (χ3n) is 5.43. The van der Waals surface area contributed by atoms with Crippen molar-refractivity contribution in [3.8, 4) is 0 Å². The summed E-state index contributed by atoms with van der Waals surface area (Å²) < 4.78 is 38.0. The zero-order valence-corrected chi connectivity index (χ0v) is 15.8. The molecule has 0 aromatic carbocycles. The quantitative estimate of drug-likeness (QED) is 0.845. The van der Waals surface area contributed by atoms with Crippen LogP contribution < -0.4 is 5.73 Å². The molecule has 3 heterocycles. The molecule has 0 bridgehead atoms. The largest absolute Gasteiger partial charge is 0.360 e. The predicted molar refractivity (Wildman–Crippen MR) is 90.7 cm³/mol. The Morgan fingerprint density at radius 3 is 2.58 bits per heavy atom. The maximum atomic E-state index is 13.0. The fraction of sp³-hybridized carbons (Fsp3) is 0.688. The van der Waals surface area contributed by atoms with Gasteiger partial charge in [-0.25, -0.2) is 8.42 Å². The number of sulfonamides is 1. The molecule has 0 spiro atoms. The predicted octanol–water partition coefficient (Wildman–Crippen LogP) is 1.58. The average Bonchev–Trinajstić information content (AvgIpc) is 3.20. The van der Waals surface area contributed by atoms with Gasteiger partial charge in [-0.15, -0.1) is 0 Å². The molecule has 1 saturated heterocycles. The van der Waals surface area contributed by atoms with Crippen LogP contribution in [0.4, 0.5) is 0 Å². The molecule has 10 heteroatoms. The van der Waals surface area contributed by atoms with E-state index < -0.39 is 15.6 Å². The van der Waals surface area contributed by atoms with E-state index in [1.54, 1.807) is 13.8 Å². The first kappa shape index (κ1) is 17.6. The molecular formula is C16H23N5O4S. The van der Waals surface area contributed by atoms with Crippen LogP contribution in [0.15, 0.2) is 13.9 Å². The first-order valence-electron chi connectivity index (χ1n) is 8.87. The molecule has 1 aliphatic carbocycles. The second-order valence-electron chi connectivity index (χ2n) is 7.32. The highest BCUT2D eigenvalue weighted by Gasteiger charge is 2.41. The summed E-state index contributed by atoms with van der Waals surface area (Å²) in [7, 11) is -3.67. The lowest BCUT2D eigenvalue weighted by Crippen LogP contribution is -2.44. The smallest absolute Gasteiger partial charge is 0.248 e. The van der Waals surface area contributed by atoms with Crippen LogP contribution in [0.25, 0.3) is 0 Å². The highest BCUT2D eigenvalue weighted by molar-refractivity contribution is 7.89. The maximum absolute atomic E-state index is 13.0. The van der Waals surface area contributed by atoms with E-state index in [-0.39, 0.29) is 10.8 Å². The van der Waals surface area contributed by atoms with Crippen LogP contribution in [-0.2, 0) is 15.6 Å². The summed E-state index contributed by atoms with van der Waals surface area (Å²) in [5.41, 5.74) is 6.14. The van der Waals surface area contributed by atoms with Gasteiger partial charge in [0.2, 0.25) is 15.9 Å². The molecule has 1 unspecified atom stereocenters. The molecule has 2 aromatic heterocycles. The molecule has 2 aromatic rings. The Morgan fingerprint density at radius 1 is 1.19 bits per heavy atom. The molecule has 142 valence electrons. The van der Waals surface area contributed by atoms with Crippen molar-refractivity contribution in [1.29, 1.82) is 0 Å². The monoisotopic (exact) mass is 381 g/mol. The van der Waals surface area contributed by atoms with E-state index in [4.69, 9.17) is 14.8 Å². The molecule has 4 rings (SSSR count). The van der Waals surface area contributed by atoms with Gasteiger partial charge in [-0.05, 0) is 46.0 Å². The van der Waals surface area contributed by atoms with Crippen LogP contribution in [0.5, 0.6) is 0 Å². The molecule has 26 heavy (non-hydrogen) atoms. The molecule has 0 amide bonds. The summed E-state index contributed by atoms with van der Waals surface area (Å²) in [5, 5.41) is 7.81. The van der Waals surface area contributed by atoms with Crippen molar-refractivity contribution >= 4 is 10.0 Å². The number of nitrogens with two attached hydrogens (primary N) is 1. The topological polar surface area (TPSA) is 128 Å². The second-order valence-corrected chi connectivity index (χ2v) is 9.20. The van der Waals surface area contributed by atoms with Crippen LogP contribution in [0.2, 0.25) is 0 Å². The van der Waals surface area contributed by atoms with Gasteiger partial charge in [0, 0.05) is 13.1 Å². The number of aryl methyl sites for hydroxylation is 2. The van der Waals surface area contributed by atoms with Crippen LogP contribution in [0, 0.1) is 13.8 Å². The average molecular weight is 381 g/mol. The van der Waals surface area contributed by atoms with Crippen molar-refractivity contribution in [3.05, 3.63) is 23.2 Å². The summed E-state index contributed by atoms with van der Waals surface area (Å²) in [6.45, 7) is 3.99. The fourth-order valence-corrected chi connectivity index (χ4v) is 5.53. The molecule has 1 aliphatic heterocycles. The normalized spacial score (nSPS) is 23.7. The standard InChI is InChI=1S/C16H23N5O4S/c1-10-13(11(2)24-19-10)26(22,23)21-8-3-5-12(9-21)14-18-15(20-25-14)16(17)6-4-7-16/h12H,3-9,17H2,1-2H3. The van der Waals surface area contributed by atoms with E-state index >= 15 is 0 Å². The molecule has 1 atom stereocenters. The third-order valence-corrected chi connectivity index (χ3v) is 7.54. The van der Waals surface area contributed by atoms with E-state index in [0.717, 1.165) is 32.1 Å². The van der Waals surface area contributed by atoms with E-state index in [9.17, 15) is 8.42 Å². The van der Waals surface area contributed by atoms with Crippen molar-refractivity contribution in [2.24, 2.45) is 5.73 Å². The Balaban J connectivity index is 1.56. The van der Waals surface area contributed by atoms with Crippen molar-refractivity contribution in [1.82, 2.24) is 19.6 Å². The lowest BCUT2D eigenvalue weighted by atomic mass is 9.77. The zero-order chi connectivity index (χ0) is 18.5. The van der Waals surface area contributed by atoms with Crippen LogP contribution in [0.1, 0.15) is 61.2 Å². The van der Waals surface area contributed by atoms with Gasteiger partial charge in [-0.2, -0.15) is 9.29 Å². The first-order valence-corrected chi connectivity index (χ1v) is 10.3. The van der Waals surface area contributed by atoms with Crippen LogP contribution >= 0.6 is 0 Å². The number of piperidine rings is 1. The Labute approximate surface area is 152 Å². The van der Waals surface area contributed by atoms with Gasteiger partial charge in [0.25, 0.3) is 0 Å². The molecule has 1 saturated carbocycles. The Hall–Kier alpha value is -1.78. The fourth-order valence-electron chi connectivity index (χ4n) is 3.72.